The van der Waals surface area contributed by atoms with Crippen molar-refractivity contribution < 1.29 is 9.47 Å². The minimum atomic E-state index is 0.0463. The van der Waals surface area contributed by atoms with Gasteiger partial charge in [-0.15, -0.1) is 0 Å². The summed E-state index contributed by atoms with van der Waals surface area (Å²) < 4.78 is 9.86. The number of ether oxygens (including phenoxy) is 2. The first-order valence-corrected chi connectivity index (χ1v) is 3.54. The lowest BCUT2D eigenvalue weighted by molar-refractivity contribution is -0.0254. The standard InChI is InChI=1S/C4H8O2.C3H8/c1-4-5-2-3-6-4;1-3-2/h4H,2-3H2,1H3;3H2,1-2H3. The van der Waals surface area contributed by atoms with E-state index in [9.17, 15) is 0 Å². The molecule has 1 heterocycles. The molecule has 0 saturated carbocycles. The molecular weight excluding hydrogens is 116 g/mol. The summed E-state index contributed by atoms with van der Waals surface area (Å²) in [5, 5.41) is 0. The smallest absolute Gasteiger partial charge is 0.155 e. The highest BCUT2D eigenvalue weighted by atomic mass is 16.7. The zero-order valence-corrected chi connectivity index (χ0v) is 6.52. The monoisotopic (exact) mass is 132 g/mol. The molecule has 0 atom stereocenters. The van der Waals surface area contributed by atoms with Gasteiger partial charge in [-0.2, -0.15) is 0 Å². The predicted molar refractivity (Wildman–Crippen MR) is 37.3 cm³/mol. The quantitative estimate of drug-likeness (QED) is 0.500. The average molecular weight is 132 g/mol. The number of rotatable bonds is 0. The van der Waals surface area contributed by atoms with Crippen LogP contribution in [-0.4, -0.2) is 19.5 Å². The van der Waals surface area contributed by atoms with E-state index < -0.39 is 0 Å². The Balaban J connectivity index is 0.000000187. The molecule has 2 nitrogen and oxygen atoms in total. The Hall–Kier alpha value is -0.0800. The second kappa shape index (κ2) is 6.05. The second-order valence-corrected chi connectivity index (χ2v) is 2.02. The molecule has 0 amide bonds. The summed E-state index contributed by atoms with van der Waals surface area (Å²) >= 11 is 0. The minimum Gasteiger partial charge on any atom is -0.351 e. The van der Waals surface area contributed by atoms with Crippen LogP contribution in [0.2, 0.25) is 0 Å². The van der Waals surface area contributed by atoms with Crippen molar-refractivity contribution in [2.45, 2.75) is 33.5 Å². The van der Waals surface area contributed by atoms with Crippen molar-refractivity contribution in [1.29, 1.82) is 0 Å². The summed E-state index contributed by atoms with van der Waals surface area (Å²) in [6, 6.07) is 0. The topological polar surface area (TPSA) is 18.5 Å². The highest BCUT2D eigenvalue weighted by Gasteiger charge is 2.07. The van der Waals surface area contributed by atoms with Crippen LogP contribution in [0.25, 0.3) is 0 Å². The third-order valence-corrected chi connectivity index (χ3v) is 0.788. The molecule has 1 aliphatic rings. The van der Waals surface area contributed by atoms with Crippen molar-refractivity contribution in [3.63, 3.8) is 0 Å². The van der Waals surface area contributed by atoms with E-state index in [0.29, 0.717) is 0 Å². The molecule has 56 valence electrons. The van der Waals surface area contributed by atoms with Gasteiger partial charge in [-0.25, -0.2) is 0 Å². The van der Waals surface area contributed by atoms with E-state index >= 15 is 0 Å². The zero-order valence-electron chi connectivity index (χ0n) is 6.52. The van der Waals surface area contributed by atoms with Crippen LogP contribution in [0, 0.1) is 0 Å². The lowest BCUT2D eigenvalue weighted by atomic mass is 10.6. The van der Waals surface area contributed by atoms with Crippen molar-refractivity contribution in [2.24, 2.45) is 0 Å². The fraction of sp³-hybridized carbons (Fsp3) is 1.00. The van der Waals surface area contributed by atoms with Gasteiger partial charge >= 0.3 is 0 Å². The van der Waals surface area contributed by atoms with E-state index in [0.717, 1.165) is 13.2 Å². The molecule has 1 aliphatic heterocycles. The van der Waals surface area contributed by atoms with Crippen LogP contribution >= 0.6 is 0 Å². The molecule has 9 heavy (non-hydrogen) atoms. The van der Waals surface area contributed by atoms with Gasteiger partial charge in [-0.1, -0.05) is 20.3 Å². The normalized spacial score (nSPS) is 19.0. The van der Waals surface area contributed by atoms with Gasteiger partial charge in [-0.3, -0.25) is 0 Å². The molecule has 1 rings (SSSR count). The van der Waals surface area contributed by atoms with E-state index in [1.165, 1.54) is 6.42 Å². The van der Waals surface area contributed by atoms with Crippen molar-refractivity contribution in [3.8, 4) is 0 Å². The van der Waals surface area contributed by atoms with E-state index in [2.05, 4.69) is 13.8 Å². The summed E-state index contributed by atoms with van der Waals surface area (Å²) in [4.78, 5) is 0. The maximum absolute atomic E-state index is 4.93. The van der Waals surface area contributed by atoms with Gasteiger partial charge in [0, 0.05) is 0 Å². The Labute approximate surface area is 57.2 Å². The van der Waals surface area contributed by atoms with E-state index in [4.69, 9.17) is 9.47 Å². The third-order valence-electron chi connectivity index (χ3n) is 0.788. The van der Waals surface area contributed by atoms with Crippen LogP contribution in [0.5, 0.6) is 0 Å². The van der Waals surface area contributed by atoms with Crippen LogP contribution in [0.1, 0.15) is 27.2 Å². The minimum absolute atomic E-state index is 0.0463. The molecular formula is C7H16O2. The van der Waals surface area contributed by atoms with Gasteiger partial charge < -0.3 is 9.47 Å². The lowest BCUT2D eigenvalue weighted by Crippen LogP contribution is -1.97. The summed E-state index contributed by atoms with van der Waals surface area (Å²) in [5.74, 6) is 0. The Kier molecular flexibility index (Phi) is 5.99. The zero-order chi connectivity index (χ0) is 7.11. The molecule has 0 unspecified atom stereocenters. The fourth-order valence-electron chi connectivity index (χ4n) is 0.476. The molecule has 0 N–H and O–H groups in total. The lowest BCUT2D eigenvalue weighted by Gasteiger charge is -1.94. The molecule has 1 saturated heterocycles. The van der Waals surface area contributed by atoms with Crippen LogP contribution in [0.3, 0.4) is 0 Å². The van der Waals surface area contributed by atoms with E-state index in [1.807, 2.05) is 6.92 Å². The Bertz CT molecular complexity index is 48.9. The largest absolute Gasteiger partial charge is 0.351 e. The number of hydrogen-bond acceptors (Lipinski definition) is 2. The van der Waals surface area contributed by atoms with E-state index in [1.54, 1.807) is 0 Å². The van der Waals surface area contributed by atoms with Gasteiger partial charge in [0.25, 0.3) is 0 Å². The highest BCUT2D eigenvalue weighted by Crippen LogP contribution is 1.99. The average Bonchev–Trinajstić information content (AvgIpc) is 2.20. The maximum Gasteiger partial charge on any atom is 0.155 e. The van der Waals surface area contributed by atoms with Gasteiger partial charge in [0.1, 0.15) is 0 Å². The molecule has 2 heteroatoms. The first-order chi connectivity index (χ1) is 4.31. The fourth-order valence-corrected chi connectivity index (χ4v) is 0.476. The van der Waals surface area contributed by atoms with Crippen molar-refractivity contribution in [3.05, 3.63) is 0 Å². The summed E-state index contributed by atoms with van der Waals surface area (Å²) in [6.45, 7) is 7.68. The molecule has 0 spiro atoms. The molecule has 0 aromatic rings. The summed E-state index contributed by atoms with van der Waals surface area (Å²) in [6.07, 6.45) is 1.30. The van der Waals surface area contributed by atoms with Crippen LogP contribution in [0.4, 0.5) is 0 Å². The molecule has 0 aliphatic carbocycles. The first-order valence-electron chi connectivity index (χ1n) is 3.54. The molecule has 0 aromatic heterocycles. The Morgan fingerprint density at radius 2 is 1.56 bits per heavy atom. The SMILES string of the molecule is CC1OCCO1.CCC. The molecule has 0 radical (unpaired) electrons. The van der Waals surface area contributed by atoms with E-state index in [-0.39, 0.29) is 6.29 Å². The van der Waals surface area contributed by atoms with Crippen molar-refractivity contribution in [2.75, 3.05) is 13.2 Å². The van der Waals surface area contributed by atoms with Gasteiger partial charge in [0.2, 0.25) is 0 Å². The molecule has 0 aromatic carbocycles. The van der Waals surface area contributed by atoms with Crippen LogP contribution < -0.4 is 0 Å². The third kappa shape index (κ3) is 5.80. The van der Waals surface area contributed by atoms with Crippen LogP contribution in [-0.2, 0) is 9.47 Å². The Morgan fingerprint density at radius 3 is 1.67 bits per heavy atom. The second-order valence-electron chi connectivity index (χ2n) is 2.02. The highest BCUT2D eigenvalue weighted by molar-refractivity contribution is 4.40. The van der Waals surface area contributed by atoms with Crippen molar-refractivity contribution in [1.82, 2.24) is 0 Å². The molecule has 1 fully saturated rings. The summed E-state index contributed by atoms with van der Waals surface area (Å²) in [5.41, 5.74) is 0. The Morgan fingerprint density at radius 1 is 1.22 bits per heavy atom. The van der Waals surface area contributed by atoms with Crippen molar-refractivity contribution >= 4 is 0 Å². The van der Waals surface area contributed by atoms with Gasteiger partial charge in [0.15, 0.2) is 6.29 Å². The molecule has 0 bridgehead atoms. The predicted octanol–water partition coefficient (Wildman–Crippen LogP) is 1.80. The maximum atomic E-state index is 4.93. The van der Waals surface area contributed by atoms with Crippen LogP contribution in [0.15, 0.2) is 0 Å². The van der Waals surface area contributed by atoms with Gasteiger partial charge in [-0.05, 0) is 6.92 Å². The van der Waals surface area contributed by atoms with Gasteiger partial charge in [0.05, 0.1) is 13.2 Å². The summed E-state index contributed by atoms with van der Waals surface area (Å²) in [7, 11) is 0. The number of hydrogen-bond donors (Lipinski definition) is 0. The first kappa shape index (κ1) is 8.92.